The van der Waals surface area contributed by atoms with E-state index in [9.17, 15) is 0 Å². The Morgan fingerprint density at radius 1 is 0.600 bits per heavy atom. The van der Waals surface area contributed by atoms with E-state index in [0.717, 1.165) is 24.3 Å². The van der Waals surface area contributed by atoms with Crippen molar-refractivity contribution in [3.8, 4) is 11.5 Å². The summed E-state index contributed by atoms with van der Waals surface area (Å²) in [4.78, 5) is 0. The van der Waals surface area contributed by atoms with Gasteiger partial charge in [-0.2, -0.15) is 0 Å². The summed E-state index contributed by atoms with van der Waals surface area (Å²) in [7, 11) is 0. The summed E-state index contributed by atoms with van der Waals surface area (Å²) in [5.41, 5.74) is 2.44. The van der Waals surface area contributed by atoms with Crippen LogP contribution in [-0.4, -0.2) is 13.2 Å². The summed E-state index contributed by atoms with van der Waals surface area (Å²) in [5.74, 6) is 1.91. The molecule has 0 bridgehead atoms. The Kier molecular flexibility index (Phi) is 4.02. The van der Waals surface area contributed by atoms with Gasteiger partial charge in [-0.15, -0.1) is 0 Å². The van der Waals surface area contributed by atoms with Crippen LogP contribution in [0, 0.1) is 0 Å². The van der Waals surface area contributed by atoms with Crippen LogP contribution in [0.5, 0.6) is 11.5 Å². The number of hydrogen-bond acceptors (Lipinski definition) is 2. The second-order valence-electron chi connectivity index (χ2n) is 4.79. The van der Waals surface area contributed by atoms with Gasteiger partial charge in [0.05, 0.1) is 0 Å². The average Bonchev–Trinajstić information content (AvgIpc) is 2.49. The van der Waals surface area contributed by atoms with Gasteiger partial charge in [-0.05, 0) is 36.1 Å². The van der Waals surface area contributed by atoms with Crippen molar-refractivity contribution in [2.24, 2.45) is 0 Å². The molecular formula is C18H18O2. The monoisotopic (exact) mass is 266 g/mol. The molecule has 0 aliphatic carbocycles. The van der Waals surface area contributed by atoms with Crippen LogP contribution in [0.4, 0.5) is 0 Å². The molecule has 1 aliphatic heterocycles. The smallest absolute Gasteiger partial charge is 0.122 e. The summed E-state index contributed by atoms with van der Waals surface area (Å²) in [6.07, 6.45) is 6.19. The largest absolute Gasteiger partial charge is 0.490 e. The highest BCUT2D eigenvalue weighted by Gasteiger charge is 2.05. The number of ether oxygens (including phenoxy) is 2. The SMILES string of the molecule is C1=C/Cc2ccccc2OCCOc2ccccc2C/1. The zero-order valence-electron chi connectivity index (χ0n) is 11.4. The van der Waals surface area contributed by atoms with Crippen LogP contribution in [0.15, 0.2) is 60.7 Å². The van der Waals surface area contributed by atoms with Gasteiger partial charge in [-0.1, -0.05) is 48.6 Å². The quantitative estimate of drug-likeness (QED) is 0.675. The average molecular weight is 266 g/mol. The number of benzene rings is 2. The molecule has 20 heavy (non-hydrogen) atoms. The third kappa shape index (κ3) is 3.02. The highest BCUT2D eigenvalue weighted by molar-refractivity contribution is 5.37. The Morgan fingerprint density at radius 3 is 1.55 bits per heavy atom. The van der Waals surface area contributed by atoms with Gasteiger partial charge in [-0.3, -0.25) is 0 Å². The molecule has 1 aliphatic rings. The lowest BCUT2D eigenvalue weighted by Crippen LogP contribution is -2.11. The van der Waals surface area contributed by atoms with Gasteiger partial charge in [0.25, 0.3) is 0 Å². The molecule has 2 heteroatoms. The van der Waals surface area contributed by atoms with E-state index in [-0.39, 0.29) is 0 Å². The fourth-order valence-electron chi connectivity index (χ4n) is 2.35. The van der Waals surface area contributed by atoms with Crippen LogP contribution in [0.1, 0.15) is 11.1 Å². The topological polar surface area (TPSA) is 18.5 Å². The number of allylic oxidation sites excluding steroid dienone is 2. The fraction of sp³-hybridized carbons (Fsp3) is 0.222. The van der Waals surface area contributed by atoms with E-state index < -0.39 is 0 Å². The Morgan fingerprint density at radius 2 is 1.05 bits per heavy atom. The van der Waals surface area contributed by atoms with E-state index in [1.165, 1.54) is 11.1 Å². The van der Waals surface area contributed by atoms with Crippen molar-refractivity contribution in [3.63, 3.8) is 0 Å². The molecular weight excluding hydrogens is 248 g/mol. The first-order valence-electron chi connectivity index (χ1n) is 7.00. The molecule has 0 spiro atoms. The summed E-state index contributed by atoms with van der Waals surface area (Å²) in [5, 5.41) is 0. The van der Waals surface area contributed by atoms with Crippen molar-refractivity contribution in [2.75, 3.05) is 13.2 Å². The van der Waals surface area contributed by atoms with Crippen LogP contribution >= 0.6 is 0 Å². The number of fused-ring (bicyclic) bond motifs is 2. The lowest BCUT2D eigenvalue weighted by Gasteiger charge is -2.14. The van der Waals surface area contributed by atoms with E-state index in [2.05, 4.69) is 24.3 Å². The van der Waals surface area contributed by atoms with Crippen LogP contribution in [0.25, 0.3) is 0 Å². The summed E-state index contributed by atoms with van der Waals surface area (Å²) in [6.45, 7) is 1.13. The number of rotatable bonds is 0. The third-order valence-electron chi connectivity index (χ3n) is 3.39. The van der Waals surface area contributed by atoms with Crippen LogP contribution < -0.4 is 9.47 Å². The normalized spacial score (nSPS) is 16.4. The van der Waals surface area contributed by atoms with Gasteiger partial charge in [0, 0.05) is 0 Å². The summed E-state index contributed by atoms with van der Waals surface area (Å²) in [6, 6.07) is 16.4. The molecule has 0 amide bonds. The van der Waals surface area contributed by atoms with E-state index in [4.69, 9.17) is 9.47 Å². The molecule has 0 fully saturated rings. The van der Waals surface area contributed by atoms with Crippen molar-refractivity contribution in [3.05, 3.63) is 71.8 Å². The second-order valence-corrected chi connectivity index (χ2v) is 4.79. The molecule has 1 heterocycles. The molecule has 2 aromatic rings. The highest BCUT2D eigenvalue weighted by atomic mass is 16.5. The molecule has 0 radical (unpaired) electrons. The standard InChI is InChI=1S/C18H18O2/c1-2-8-16-10-4-6-12-18(16)20-14-13-19-17-11-5-3-9-15(17)7-1/h1-6,9-12H,7-8,13-14H2/b2-1+. The molecule has 2 aromatic carbocycles. The van der Waals surface area contributed by atoms with Gasteiger partial charge in [0.15, 0.2) is 0 Å². The van der Waals surface area contributed by atoms with E-state index in [0.29, 0.717) is 13.2 Å². The molecule has 102 valence electrons. The Bertz CT molecular complexity index is 548. The molecule has 0 saturated heterocycles. The zero-order chi connectivity index (χ0) is 13.6. The fourth-order valence-corrected chi connectivity index (χ4v) is 2.35. The lowest BCUT2D eigenvalue weighted by atomic mass is 10.1. The van der Waals surface area contributed by atoms with Crippen molar-refractivity contribution < 1.29 is 9.47 Å². The number of para-hydroxylation sites is 2. The van der Waals surface area contributed by atoms with Crippen molar-refractivity contribution >= 4 is 0 Å². The molecule has 0 unspecified atom stereocenters. The van der Waals surface area contributed by atoms with E-state index >= 15 is 0 Å². The predicted octanol–water partition coefficient (Wildman–Crippen LogP) is 3.80. The van der Waals surface area contributed by atoms with Gasteiger partial charge in [0.1, 0.15) is 24.7 Å². The van der Waals surface area contributed by atoms with Gasteiger partial charge >= 0.3 is 0 Å². The maximum atomic E-state index is 5.82. The Labute approximate surface area is 119 Å². The van der Waals surface area contributed by atoms with Crippen LogP contribution in [-0.2, 0) is 12.8 Å². The molecule has 0 N–H and O–H groups in total. The minimum absolute atomic E-state index is 0.565. The van der Waals surface area contributed by atoms with Gasteiger partial charge < -0.3 is 9.47 Å². The summed E-state index contributed by atoms with van der Waals surface area (Å²) < 4.78 is 11.6. The third-order valence-corrected chi connectivity index (χ3v) is 3.39. The number of hydrogen-bond donors (Lipinski definition) is 0. The Balaban J connectivity index is 1.83. The maximum absolute atomic E-state index is 5.82. The molecule has 0 saturated carbocycles. The first kappa shape index (κ1) is 12.8. The minimum Gasteiger partial charge on any atom is -0.490 e. The highest BCUT2D eigenvalue weighted by Crippen LogP contribution is 2.22. The van der Waals surface area contributed by atoms with Gasteiger partial charge in [0.2, 0.25) is 0 Å². The van der Waals surface area contributed by atoms with Gasteiger partial charge in [-0.25, -0.2) is 0 Å². The molecule has 0 atom stereocenters. The maximum Gasteiger partial charge on any atom is 0.122 e. The predicted molar refractivity (Wildman–Crippen MR) is 80.4 cm³/mol. The molecule has 2 nitrogen and oxygen atoms in total. The second kappa shape index (κ2) is 6.29. The van der Waals surface area contributed by atoms with Crippen molar-refractivity contribution in [1.82, 2.24) is 0 Å². The molecule has 0 aromatic heterocycles. The Hall–Kier alpha value is -2.22. The first-order valence-corrected chi connectivity index (χ1v) is 7.00. The van der Waals surface area contributed by atoms with Crippen molar-refractivity contribution in [1.29, 1.82) is 0 Å². The first-order chi connectivity index (χ1) is 9.93. The van der Waals surface area contributed by atoms with Crippen molar-refractivity contribution in [2.45, 2.75) is 12.8 Å². The minimum atomic E-state index is 0.565. The zero-order valence-corrected chi connectivity index (χ0v) is 11.4. The van der Waals surface area contributed by atoms with Crippen LogP contribution in [0.2, 0.25) is 0 Å². The summed E-state index contributed by atoms with van der Waals surface area (Å²) >= 11 is 0. The van der Waals surface area contributed by atoms with E-state index in [1.54, 1.807) is 0 Å². The lowest BCUT2D eigenvalue weighted by molar-refractivity contribution is 0.215. The molecule has 3 rings (SSSR count). The van der Waals surface area contributed by atoms with Crippen LogP contribution in [0.3, 0.4) is 0 Å². The van der Waals surface area contributed by atoms with E-state index in [1.807, 2.05) is 36.4 Å².